The van der Waals surface area contributed by atoms with Crippen LogP contribution in [0.2, 0.25) is 0 Å². The van der Waals surface area contributed by atoms with Crippen LogP contribution in [0.25, 0.3) is 16.8 Å². The molecule has 6 heteroatoms. The van der Waals surface area contributed by atoms with Crippen LogP contribution < -0.4 is 16.4 Å². The number of fused-ring (bicyclic) bond motifs is 3. The largest absolute Gasteiger partial charge is 0.388 e. The predicted octanol–water partition coefficient (Wildman–Crippen LogP) is 3.02. The van der Waals surface area contributed by atoms with Gasteiger partial charge in [0, 0.05) is 48.1 Å². The highest BCUT2D eigenvalue weighted by Gasteiger charge is 2.35. The minimum atomic E-state index is 0.482. The second-order valence-corrected chi connectivity index (χ2v) is 7.53. The Morgan fingerprint density at radius 2 is 1.88 bits per heavy atom. The lowest BCUT2D eigenvalue weighted by Gasteiger charge is -2.28. The normalized spacial score (nSPS) is 24.9. The van der Waals surface area contributed by atoms with E-state index in [0.717, 1.165) is 41.0 Å². The predicted molar refractivity (Wildman–Crippen MR) is 104 cm³/mol. The maximum Gasteiger partial charge on any atom is 0.165 e. The number of rotatable bonds is 3. The summed E-state index contributed by atoms with van der Waals surface area (Å²) in [5, 5.41) is 11.3. The van der Waals surface area contributed by atoms with E-state index in [2.05, 4.69) is 40.0 Å². The molecule has 2 unspecified atom stereocenters. The lowest BCUT2D eigenvalue weighted by molar-refractivity contribution is 0.359. The minimum Gasteiger partial charge on any atom is -0.388 e. The van der Waals surface area contributed by atoms with E-state index >= 15 is 0 Å². The molecular weight excluding hydrogens is 324 g/mol. The first kappa shape index (κ1) is 15.6. The van der Waals surface area contributed by atoms with Gasteiger partial charge in [-0.05, 0) is 43.4 Å². The summed E-state index contributed by atoms with van der Waals surface area (Å²) < 4.78 is 1.75. The van der Waals surface area contributed by atoms with Crippen LogP contribution in [-0.4, -0.2) is 33.7 Å². The van der Waals surface area contributed by atoms with Crippen LogP contribution >= 0.6 is 0 Å². The van der Waals surface area contributed by atoms with Gasteiger partial charge in [0.1, 0.15) is 5.82 Å². The van der Waals surface area contributed by atoms with Crippen molar-refractivity contribution < 1.29 is 0 Å². The molecule has 3 aromatic rings. The quantitative estimate of drug-likeness (QED) is 0.678. The number of nitrogens with zero attached hydrogens (tertiary/aromatic N) is 3. The molecule has 134 valence electrons. The summed E-state index contributed by atoms with van der Waals surface area (Å²) in [6.45, 7) is 0. The Bertz CT molecular complexity index is 933. The van der Waals surface area contributed by atoms with Crippen molar-refractivity contribution >= 4 is 17.2 Å². The number of anilines is 2. The van der Waals surface area contributed by atoms with Crippen LogP contribution in [0.3, 0.4) is 0 Å². The molecule has 1 aromatic carbocycles. The van der Waals surface area contributed by atoms with Gasteiger partial charge in [0.15, 0.2) is 5.65 Å². The molecule has 0 amide bonds. The first-order chi connectivity index (χ1) is 12.7. The molecule has 0 spiro atoms. The number of hydrogen-bond donors (Lipinski definition) is 3. The van der Waals surface area contributed by atoms with Crippen LogP contribution in [0.15, 0.2) is 36.5 Å². The molecule has 0 radical (unpaired) electrons. The zero-order valence-electron chi connectivity index (χ0n) is 14.9. The highest BCUT2D eigenvalue weighted by atomic mass is 15.3. The van der Waals surface area contributed by atoms with Crippen molar-refractivity contribution in [3.63, 3.8) is 0 Å². The lowest BCUT2D eigenvalue weighted by atomic mass is 9.89. The van der Waals surface area contributed by atoms with Gasteiger partial charge in [0.05, 0.1) is 6.20 Å². The summed E-state index contributed by atoms with van der Waals surface area (Å²) in [7, 11) is 1.92. The Morgan fingerprint density at radius 3 is 2.58 bits per heavy atom. The van der Waals surface area contributed by atoms with E-state index in [0.29, 0.717) is 23.8 Å². The third-order valence-electron chi connectivity index (χ3n) is 5.90. The maximum absolute atomic E-state index is 6.32. The van der Waals surface area contributed by atoms with E-state index < -0.39 is 0 Å². The van der Waals surface area contributed by atoms with Crippen molar-refractivity contribution in [1.29, 1.82) is 0 Å². The molecule has 0 saturated carbocycles. The Kier molecular flexibility index (Phi) is 3.60. The molecule has 2 aliphatic rings. The van der Waals surface area contributed by atoms with Gasteiger partial charge in [-0.15, -0.1) is 0 Å². The first-order valence-electron chi connectivity index (χ1n) is 9.39. The van der Waals surface area contributed by atoms with Gasteiger partial charge in [0.2, 0.25) is 0 Å². The number of nitrogens with two attached hydrogens (primary N) is 1. The maximum atomic E-state index is 6.32. The first-order valence-corrected chi connectivity index (χ1v) is 9.39. The molecule has 4 heterocycles. The number of aromatic nitrogens is 3. The Morgan fingerprint density at radius 1 is 1.15 bits per heavy atom. The van der Waals surface area contributed by atoms with Crippen molar-refractivity contribution in [2.24, 2.45) is 0 Å². The highest BCUT2D eigenvalue weighted by molar-refractivity contribution is 5.79. The summed E-state index contributed by atoms with van der Waals surface area (Å²) in [6.07, 6.45) is 6.74. The summed E-state index contributed by atoms with van der Waals surface area (Å²) >= 11 is 0. The topological polar surface area (TPSA) is 80.3 Å². The highest BCUT2D eigenvalue weighted by Crippen LogP contribution is 2.37. The molecule has 4 N–H and O–H groups in total. The molecule has 5 rings (SSSR count). The lowest BCUT2D eigenvalue weighted by Crippen LogP contribution is -2.37. The summed E-state index contributed by atoms with van der Waals surface area (Å²) in [5.74, 6) is 1.14. The van der Waals surface area contributed by atoms with Gasteiger partial charge in [-0.2, -0.15) is 9.61 Å². The molecule has 26 heavy (non-hydrogen) atoms. The smallest absolute Gasteiger partial charge is 0.165 e. The summed E-state index contributed by atoms with van der Waals surface area (Å²) in [5.41, 5.74) is 11.5. The fraction of sp³-hybridized carbons (Fsp3) is 0.400. The third-order valence-corrected chi connectivity index (χ3v) is 5.90. The van der Waals surface area contributed by atoms with Crippen LogP contribution in [0.5, 0.6) is 0 Å². The Balaban J connectivity index is 1.57. The fourth-order valence-electron chi connectivity index (χ4n) is 4.53. The second kappa shape index (κ2) is 5.99. The SMILES string of the molecule is CNc1ccc(-c2cnn3c(N)cc(C4CC5CCC(C4)N5)nc23)cc1. The molecule has 0 aliphatic carbocycles. The van der Waals surface area contributed by atoms with E-state index in [-0.39, 0.29) is 0 Å². The van der Waals surface area contributed by atoms with Crippen LogP contribution in [-0.2, 0) is 0 Å². The van der Waals surface area contributed by atoms with E-state index in [9.17, 15) is 0 Å². The standard InChI is InChI=1S/C20H24N6/c1-22-14-4-2-12(3-5-14)17-11-23-26-19(21)10-18(25-20(17)26)13-8-15-6-7-16(9-13)24-15/h2-5,10-11,13,15-16,22,24H,6-9,21H2,1H3. The average Bonchev–Trinajstić information content (AvgIpc) is 3.25. The van der Waals surface area contributed by atoms with Gasteiger partial charge in [-0.25, -0.2) is 4.98 Å². The zero-order chi connectivity index (χ0) is 17.7. The van der Waals surface area contributed by atoms with Crippen molar-refractivity contribution in [3.05, 3.63) is 42.2 Å². The van der Waals surface area contributed by atoms with E-state index in [1.165, 1.54) is 12.8 Å². The van der Waals surface area contributed by atoms with Gasteiger partial charge >= 0.3 is 0 Å². The van der Waals surface area contributed by atoms with Crippen molar-refractivity contribution in [1.82, 2.24) is 19.9 Å². The van der Waals surface area contributed by atoms with Crippen molar-refractivity contribution in [2.75, 3.05) is 18.1 Å². The number of nitrogen functional groups attached to an aromatic ring is 1. The third kappa shape index (κ3) is 2.52. The van der Waals surface area contributed by atoms with Gasteiger partial charge in [-0.3, -0.25) is 0 Å². The summed E-state index contributed by atoms with van der Waals surface area (Å²) in [6, 6.07) is 11.6. The average molecular weight is 348 g/mol. The Labute approximate surface area is 152 Å². The minimum absolute atomic E-state index is 0.482. The van der Waals surface area contributed by atoms with Crippen LogP contribution in [0.4, 0.5) is 11.5 Å². The van der Waals surface area contributed by atoms with Crippen molar-refractivity contribution in [2.45, 2.75) is 43.7 Å². The van der Waals surface area contributed by atoms with E-state index in [1.807, 2.05) is 19.3 Å². The van der Waals surface area contributed by atoms with Crippen LogP contribution in [0.1, 0.15) is 37.3 Å². The number of hydrogen-bond acceptors (Lipinski definition) is 5. The Hall–Kier alpha value is -2.60. The molecule has 2 bridgehead atoms. The monoisotopic (exact) mass is 348 g/mol. The van der Waals surface area contributed by atoms with Gasteiger partial charge in [-0.1, -0.05) is 12.1 Å². The number of piperidine rings is 1. The van der Waals surface area contributed by atoms with E-state index in [4.69, 9.17) is 10.7 Å². The molecule has 2 aromatic heterocycles. The fourth-order valence-corrected chi connectivity index (χ4v) is 4.53. The molecular formula is C20H24N6. The van der Waals surface area contributed by atoms with Crippen molar-refractivity contribution in [3.8, 4) is 11.1 Å². The zero-order valence-corrected chi connectivity index (χ0v) is 14.9. The second-order valence-electron chi connectivity index (χ2n) is 7.53. The van der Waals surface area contributed by atoms with Gasteiger partial charge < -0.3 is 16.4 Å². The molecule has 2 fully saturated rings. The number of nitrogens with one attached hydrogen (secondary N) is 2. The van der Waals surface area contributed by atoms with Crippen LogP contribution in [0, 0.1) is 0 Å². The molecule has 2 atom stereocenters. The molecule has 6 nitrogen and oxygen atoms in total. The summed E-state index contributed by atoms with van der Waals surface area (Å²) in [4.78, 5) is 5.01. The number of benzene rings is 1. The van der Waals surface area contributed by atoms with Gasteiger partial charge in [0.25, 0.3) is 0 Å². The molecule has 2 aliphatic heterocycles. The van der Waals surface area contributed by atoms with E-state index in [1.54, 1.807) is 4.52 Å². The molecule has 2 saturated heterocycles.